The molecule has 17 heavy (non-hydrogen) atoms. The van der Waals surface area contributed by atoms with Gasteiger partial charge in [0.1, 0.15) is 0 Å². The molecule has 0 amide bonds. The molecule has 0 bridgehead atoms. The van der Waals surface area contributed by atoms with Gasteiger partial charge >= 0.3 is 5.69 Å². The molecule has 1 rings (SSSR count). The second kappa shape index (κ2) is 5.39. The smallest absolute Gasteiger partial charge is 0.258 e. The van der Waals surface area contributed by atoms with E-state index in [-0.39, 0.29) is 11.7 Å². The van der Waals surface area contributed by atoms with Crippen LogP contribution in [0.5, 0.6) is 0 Å². The summed E-state index contributed by atoms with van der Waals surface area (Å²) in [6.07, 6.45) is -2.35. The standard InChI is InChI=1S/C9H12ClF2N3O2/c1-5(2)3-4-14-8(10)7(15(16)17)6(13-14)9(11)12/h5,9H,3-4H2,1-2H3. The maximum absolute atomic E-state index is 12.5. The highest BCUT2D eigenvalue weighted by molar-refractivity contribution is 6.31. The lowest BCUT2D eigenvalue weighted by molar-refractivity contribution is -0.386. The van der Waals surface area contributed by atoms with Crippen molar-refractivity contribution in [2.75, 3.05) is 0 Å². The first-order valence-electron chi connectivity index (χ1n) is 5.03. The SMILES string of the molecule is CC(C)CCn1nc(C(F)F)c([N+](=O)[O-])c1Cl. The fourth-order valence-corrected chi connectivity index (χ4v) is 1.58. The predicted octanol–water partition coefficient (Wildman–Crippen LogP) is 3.43. The van der Waals surface area contributed by atoms with Crippen LogP contribution in [-0.4, -0.2) is 14.7 Å². The summed E-state index contributed by atoms with van der Waals surface area (Å²) in [4.78, 5) is 9.71. The van der Waals surface area contributed by atoms with Gasteiger partial charge in [-0.2, -0.15) is 5.10 Å². The number of aromatic nitrogens is 2. The highest BCUT2D eigenvalue weighted by Crippen LogP contribution is 2.34. The van der Waals surface area contributed by atoms with Crippen LogP contribution in [-0.2, 0) is 6.54 Å². The summed E-state index contributed by atoms with van der Waals surface area (Å²) >= 11 is 5.68. The molecule has 0 aliphatic heterocycles. The van der Waals surface area contributed by atoms with Crippen molar-refractivity contribution in [3.8, 4) is 0 Å². The Kier molecular flexibility index (Phi) is 4.39. The lowest BCUT2D eigenvalue weighted by Crippen LogP contribution is -2.04. The van der Waals surface area contributed by atoms with Crippen molar-refractivity contribution in [3.63, 3.8) is 0 Å². The molecule has 0 unspecified atom stereocenters. The second-order valence-corrected chi connectivity index (χ2v) is 4.35. The summed E-state index contributed by atoms with van der Waals surface area (Å²) in [7, 11) is 0. The van der Waals surface area contributed by atoms with Crippen LogP contribution < -0.4 is 0 Å². The van der Waals surface area contributed by atoms with E-state index >= 15 is 0 Å². The monoisotopic (exact) mass is 267 g/mol. The summed E-state index contributed by atoms with van der Waals surface area (Å²) in [6.45, 7) is 4.17. The molecule has 1 aromatic rings. The van der Waals surface area contributed by atoms with Crippen molar-refractivity contribution in [2.45, 2.75) is 33.2 Å². The Balaban J connectivity index is 3.08. The van der Waals surface area contributed by atoms with Gasteiger partial charge in [-0.15, -0.1) is 0 Å². The Morgan fingerprint density at radius 1 is 1.53 bits per heavy atom. The third-order valence-electron chi connectivity index (χ3n) is 2.20. The molecule has 0 aliphatic carbocycles. The zero-order chi connectivity index (χ0) is 13.2. The van der Waals surface area contributed by atoms with E-state index in [1.807, 2.05) is 13.8 Å². The normalized spacial score (nSPS) is 11.5. The summed E-state index contributed by atoms with van der Waals surface area (Å²) in [5.74, 6) is 0.323. The molecule has 1 heterocycles. The van der Waals surface area contributed by atoms with Gasteiger partial charge in [-0.05, 0) is 12.3 Å². The van der Waals surface area contributed by atoms with E-state index in [1.54, 1.807) is 0 Å². The van der Waals surface area contributed by atoms with E-state index in [0.29, 0.717) is 12.3 Å². The van der Waals surface area contributed by atoms with Gasteiger partial charge in [0.25, 0.3) is 6.43 Å². The first-order valence-corrected chi connectivity index (χ1v) is 5.41. The Morgan fingerprint density at radius 2 is 2.12 bits per heavy atom. The average Bonchev–Trinajstić information content (AvgIpc) is 2.52. The highest BCUT2D eigenvalue weighted by Gasteiger charge is 2.32. The van der Waals surface area contributed by atoms with E-state index in [9.17, 15) is 18.9 Å². The number of hydrogen-bond donors (Lipinski definition) is 0. The molecule has 0 aromatic carbocycles. The summed E-state index contributed by atoms with van der Waals surface area (Å²) in [5.41, 5.74) is -1.67. The summed E-state index contributed by atoms with van der Waals surface area (Å²) in [5, 5.41) is 13.8. The van der Waals surface area contributed by atoms with Gasteiger partial charge in [0.15, 0.2) is 0 Å². The fraction of sp³-hybridized carbons (Fsp3) is 0.667. The minimum absolute atomic E-state index is 0.282. The van der Waals surface area contributed by atoms with E-state index < -0.39 is 22.7 Å². The topological polar surface area (TPSA) is 61.0 Å². The van der Waals surface area contributed by atoms with E-state index in [2.05, 4.69) is 5.10 Å². The Labute approximate surface area is 102 Å². The number of nitro groups is 1. The molecular formula is C9H12ClF2N3O2. The average molecular weight is 268 g/mol. The molecule has 96 valence electrons. The zero-order valence-electron chi connectivity index (χ0n) is 9.36. The van der Waals surface area contributed by atoms with Crippen LogP contribution >= 0.6 is 11.6 Å². The van der Waals surface area contributed by atoms with Crippen LogP contribution in [0.1, 0.15) is 32.4 Å². The lowest BCUT2D eigenvalue weighted by Gasteiger charge is -2.04. The fourth-order valence-electron chi connectivity index (χ4n) is 1.29. The van der Waals surface area contributed by atoms with Gasteiger partial charge < -0.3 is 0 Å². The van der Waals surface area contributed by atoms with Gasteiger partial charge in [-0.3, -0.25) is 10.1 Å². The van der Waals surface area contributed by atoms with Crippen LogP contribution in [0, 0.1) is 16.0 Å². The number of nitrogens with zero attached hydrogens (tertiary/aromatic N) is 3. The lowest BCUT2D eigenvalue weighted by atomic mass is 10.1. The predicted molar refractivity (Wildman–Crippen MR) is 58.3 cm³/mol. The van der Waals surface area contributed by atoms with Crippen LogP contribution in [0.4, 0.5) is 14.5 Å². The Morgan fingerprint density at radius 3 is 2.47 bits per heavy atom. The van der Waals surface area contributed by atoms with Crippen LogP contribution in [0.2, 0.25) is 5.15 Å². The van der Waals surface area contributed by atoms with Gasteiger partial charge in [0.2, 0.25) is 10.8 Å². The summed E-state index contributed by atoms with van der Waals surface area (Å²) in [6, 6.07) is 0. The molecule has 0 saturated carbocycles. The van der Waals surface area contributed by atoms with Crippen LogP contribution in [0.3, 0.4) is 0 Å². The Bertz CT molecular complexity index is 421. The minimum atomic E-state index is -3.01. The van der Waals surface area contributed by atoms with Crippen molar-refractivity contribution in [2.24, 2.45) is 5.92 Å². The van der Waals surface area contributed by atoms with Crippen molar-refractivity contribution < 1.29 is 13.7 Å². The zero-order valence-corrected chi connectivity index (χ0v) is 10.1. The van der Waals surface area contributed by atoms with Crippen molar-refractivity contribution in [3.05, 3.63) is 21.0 Å². The maximum atomic E-state index is 12.5. The van der Waals surface area contributed by atoms with Gasteiger partial charge in [0.05, 0.1) is 4.92 Å². The molecule has 8 heteroatoms. The molecule has 1 aromatic heterocycles. The quantitative estimate of drug-likeness (QED) is 0.606. The minimum Gasteiger partial charge on any atom is -0.258 e. The van der Waals surface area contributed by atoms with Crippen LogP contribution in [0.25, 0.3) is 0 Å². The van der Waals surface area contributed by atoms with Gasteiger partial charge in [-0.25, -0.2) is 13.5 Å². The molecule has 0 spiro atoms. The molecule has 0 fully saturated rings. The van der Waals surface area contributed by atoms with E-state index in [1.165, 1.54) is 0 Å². The van der Waals surface area contributed by atoms with Gasteiger partial charge in [0, 0.05) is 6.54 Å². The Hall–Kier alpha value is -1.24. The van der Waals surface area contributed by atoms with Crippen molar-refractivity contribution in [1.29, 1.82) is 0 Å². The number of alkyl halides is 2. The number of rotatable bonds is 5. The van der Waals surface area contributed by atoms with Gasteiger partial charge in [-0.1, -0.05) is 25.4 Å². The molecule has 0 N–H and O–H groups in total. The largest absolute Gasteiger partial charge is 0.334 e. The first-order chi connectivity index (χ1) is 7.84. The molecule has 0 atom stereocenters. The van der Waals surface area contributed by atoms with Crippen molar-refractivity contribution in [1.82, 2.24) is 9.78 Å². The number of halogens is 3. The molecule has 0 saturated heterocycles. The first kappa shape index (κ1) is 13.8. The molecular weight excluding hydrogens is 256 g/mol. The maximum Gasteiger partial charge on any atom is 0.334 e. The van der Waals surface area contributed by atoms with Crippen molar-refractivity contribution >= 4 is 17.3 Å². The third kappa shape index (κ3) is 3.12. The second-order valence-electron chi connectivity index (χ2n) is 3.99. The number of aryl methyl sites for hydroxylation is 1. The number of hydrogen-bond acceptors (Lipinski definition) is 3. The van der Waals surface area contributed by atoms with E-state index in [4.69, 9.17) is 11.6 Å². The molecule has 0 radical (unpaired) electrons. The van der Waals surface area contributed by atoms with Crippen LogP contribution in [0.15, 0.2) is 0 Å². The molecule has 0 aliphatic rings. The van der Waals surface area contributed by atoms with E-state index in [0.717, 1.165) is 4.68 Å². The third-order valence-corrected chi connectivity index (χ3v) is 2.57. The molecule has 5 nitrogen and oxygen atoms in total. The summed E-state index contributed by atoms with van der Waals surface area (Å²) < 4.78 is 26.1. The highest BCUT2D eigenvalue weighted by atomic mass is 35.5.